The quantitative estimate of drug-likeness (QED) is 0.711. The first-order valence-corrected chi connectivity index (χ1v) is 5.27. The van der Waals surface area contributed by atoms with Crippen LogP contribution in [0, 0.1) is 20.8 Å². The normalized spacial score (nSPS) is 10.1. The van der Waals surface area contributed by atoms with Crippen LogP contribution in [0.4, 0.5) is 0 Å². The summed E-state index contributed by atoms with van der Waals surface area (Å²) in [6, 6.07) is 4.06. The Hall–Kier alpha value is -1.31. The SMILES string of the molecule is CCOC(=O)Cc1ccc(C)c(C)c1C. The Kier molecular flexibility index (Phi) is 3.89. The second-order valence-electron chi connectivity index (χ2n) is 3.77. The molecule has 0 aliphatic rings. The van der Waals surface area contributed by atoms with Gasteiger partial charge in [-0.25, -0.2) is 0 Å². The third kappa shape index (κ3) is 2.82. The van der Waals surface area contributed by atoms with Gasteiger partial charge in [-0.05, 0) is 49.9 Å². The summed E-state index contributed by atoms with van der Waals surface area (Å²) in [6.07, 6.45) is 0.376. The highest BCUT2D eigenvalue weighted by Crippen LogP contribution is 2.17. The van der Waals surface area contributed by atoms with Crippen molar-refractivity contribution in [3.05, 3.63) is 34.4 Å². The standard InChI is InChI=1S/C13H18O2/c1-5-15-13(14)8-12-7-6-9(2)10(3)11(12)4/h6-7H,5,8H2,1-4H3. The van der Waals surface area contributed by atoms with Crippen molar-refractivity contribution in [3.8, 4) is 0 Å². The number of hydrogen-bond acceptors (Lipinski definition) is 2. The second kappa shape index (κ2) is 4.96. The van der Waals surface area contributed by atoms with E-state index in [1.165, 1.54) is 16.7 Å². The molecule has 0 saturated heterocycles. The number of rotatable bonds is 3. The smallest absolute Gasteiger partial charge is 0.310 e. The molecular weight excluding hydrogens is 188 g/mol. The van der Waals surface area contributed by atoms with E-state index in [-0.39, 0.29) is 5.97 Å². The summed E-state index contributed by atoms with van der Waals surface area (Å²) in [6.45, 7) is 8.49. The molecule has 0 aliphatic heterocycles. The predicted molar refractivity (Wildman–Crippen MR) is 61.0 cm³/mol. The number of aryl methyl sites for hydroxylation is 1. The van der Waals surface area contributed by atoms with Crippen LogP contribution in [0.2, 0.25) is 0 Å². The summed E-state index contributed by atoms with van der Waals surface area (Å²) < 4.78 is 4.93. The van der Waals surface area contributed by atoms with E-state index in [9.17, 15) is 4.79 Å². The Morgan fingerprint density at radius 2 is 1.87 bits per heavy atom. The third-order valence-corrected chi connectivity index (χ3v) is 2.81. The number of hydrogen-bond donors (Lipinski definition) is 0. The molecule has 2 nitrogen and oxygen atoms in total. The molecule has 0 aliphatic carbocycles. The lowest BCUT2D eigenvalue weighted by Crippen LogP contribution is -2.09. The van der Waals surface area contributed by atoms with Crippen LogP contribution in [0.5, 0.6) is 0 Å². The van der Waals surface area contributed by atoms with E-state index < -0.39 is 0 Å². The van der Waals surface area contributed by atoms with Gasteiger partial charge in [-0.1, -0.05) is 12.1 Å². The summed E-state index contributed by atoms with van der Waals surface area (Å²) in [5.41, 5.74) is 4.79. The molecule has 0 heterocycles. The molecule has 0 radical (unpaired) electrons. The van der Waals surface area contributed by atoms with Crippen molar-refractivity contribution in [3.63, 3.8) is 0 Å². The summed E-state index contributed by atoms with van der Waals surface area (Å²) in [7, 11) is 0. The Labute approximate surface area is 91.3 Å². The van der Waals surface area contributed by atoms with Gasteiger partial charge in [0.05, 0.1) is 13.0 Å². The van der Waals surface area contributed by atoms with E-state index in [2.05, 4.69) is 26.8 Å². The molecule has 0 saturated carbocycles. The lowest BCUT2D eigenvalue weighted by atomic mass is 9.97. The lowest BCUT2D eigenvalue weighted by molar-refractivity contribution is -0.142. The molecule has 15 heavy (non-hydrogen) atoms. The van der Waals surface area contributed by atoms with Gasteiger partial charge >= 0.3 is 5.97 Å². The summed E-state index contributed by atoms with van der Waals surface area (Å²) >= 11 is 0. The van der Waals surface area contributed by atoms with Crippen molar-refractivity contribution in [2.45, 2.75) is 34.1 Å². The molecule has 0 bridgehead atoms. The average Bonchev–Trinajstić information content (AvgIpc) is 2.20. The molecule has 0 fully saturated rings. The van der Waals surface area contributed by atoms with Crippen molar-refractivity contribution < 1.29 is 9.53 Å². The Morgan fingerprint density at radius 3 is 2.47 bits per heavy atom. The van der Waals surface area contributed by atoms with Crippen LogP contribution in [-0.4, -0.2) is 12.6 Å². The van der Waals surface area contributed by atoms with Gasteiger partial charge in [-0.2, -0.15) is 0 Å². The van der Waals surface area contributed by atoms with Gasteiger partial charge in [-0.15, -0.1) is 0 Å². The maximum absolute atomic E-state index is 11.3. The highest BCUT2D eigenvalue weighted by Gasteiger charge is 2.08. The zero-order valence-electron chi connectivity index (χ0n) is 9.89. The molecule has 82 valence electrons. The van der Waals surface area contributed by atoms with E-state index in [4.69, 9.17) is 4.74 Å². The number of esters is 1. The first kappa shape index (κ1) is 11.8. The Morgan fingerprint density at radius 1 is 1.20 bits per heavy atom. The fourth-order valence-electron chi connectivity index (χ4n) is 1.57. The zero-order valence-corrected chi connectivity index (χ0v) is 9.89. The molecule has 2 heteroatoms. The van der Waals surface area contributed by atoms with Crippen LogP contribution in [0.15, 0.2) is 12.1 Å². The number of ether oxygens (including phenoxy) is 1. The van der Waals surface area contributed by atoms with Crippen molar-refractivity contribution in [1.82, 2.24) is 0 Å². The van der Waals surface area contributed by atoms with Gasteiger partial charge in [-0.3, -0.25) is 4.79 Å². The molecule has 0 aromatic heterocycles. The molecule has 1 rings (SSSR count). The minimum Gasteiger partial charge on any atom is -0.466 e. The largest absolute Gasteiger partial charge is 0.466 e. The molecule has 0 unspecified atom stereocenters. The predicted octanol–water partition coefficient (Wildman–Crippen LogP) is 2.72. The van der Waals surface area contributed by atoms with E-state index in [1.54, 1.807) is 0 Å². The summed E-state index contributed by atoms with van der Waals surface area (Å²) in [5.74, 6) is -0.149. The van der Waals surface area contributed by atoms with E-state index in [0.29, 0.717) is 13.0 Å². The van der Waals surface area contributed by atoms with Gasteiger partial charge in [0.25, 0.3) is 0 Å². The first-order chi connectivity index (χ1) is 7.06. The third-order valence-electron chi connectivity index (χ3n) is 2.81. The van der Waals surface area contributed by atoms with Gasteiger partial charge in [0, 0.05) is 0 Å². The molecule has 1 aromatic rings. The average molecular weight is 206 g/mol. The first-order valence-electron chi connectivity index (χ1n) is 5.27. The zero-order chi connectivity index (χ0) is 11.4. The van der Waals surface area contributed by atoms with Crippen LogP contribution in [0.3, 0.4) is 0 Å². The minimum atomic E-state index is -0.149. The maximum Gasteiger partial charge on any atom is 0.310 e. The fraction of sp³-hybridized carbons (Fsp3) is 0.462. The van der Waals surface area contributed by atoms with Crippen LogP contribution in [-0.2, 0) is 16.0 Å². The Balaban J connectivity index is 2.87. The molecule has 0 amide bonds. The number of carbonyl (C=O) groups is 1. The second-order valence-corrected chi connectivity index (χ2v) is 3.77. The fourth-order valence-corrected chi connectivity index (χ4v) is 1.57. The highest BCUT2D eigenvalue weighted by molar-refractivity contribution is 5.73. The van der Waals surface area contributed by atoms with Crippen molar-refractivity contribution in [2.24, 2.45) is 0 Å². The maximum atomic E-state index is 11.3. The van der Waals surface area contributed by atoms with Gasteiger partial charge in [0.15, 0.2) is 0 Å². The lowest BCUT2D eigenvalue weighted by Gasteiger charge is -2.10. The molecule has 0 atom stereocenters. The van der Waals surface area contributed by atoms with Crippen LogP contribution < -0.4 is 0 Å². The Bertz CT molecular complexity index is 367. The van der Waals surface area contributed by atoms with Gasteiger partial charge in [0.2, 0.25) is 0 Å². The van der Waals surface area contributed by atoms with E-state index >= 15 is 0 Å². The molecule has 0 spiro atoms. The highest BCUT2D eigenvalue weighted by atomic mass is 16.5. The van der Waals surface area contributed by atoms with Gasteiger partial charge in [0.1, 0.15) is 0 Å². The number of carbonyl (C=O) groups excluding carboxylic acids is 1. The van der Waals surface area contributed by atoms with Crippen molar-refractivity contribution >= 4 is 5.97 Å². The number of benzene rings is 1. The molecule has 0 N–H and O–H groups in total. The van der Waals surface area contributed by atoms with Crippen molar-refractivity contribution in [1.29, 1.82) is 0 Å². The van der Waals surface area contributed by atoms with Crippen molar-refractivity contribution in [2.75, 3.05) is 6.61 Å². The molecule has 1 aromatic carbocycles. The summed E-state index contributed by atoms with van der Waals surface area (Å²) in [5, 5.41) is 0. The van der Waals surface area contributed by atoms with Crippen LogP contribution in [0.25, 0.3) is 0 Å². The minimum absolute atomic E-state index is 0.149. The van der Waals surface area contributed by atoms with Gasteiger partial charge < -0.3 is 4.74 Å². The van der Waals surface area contributed by atoms with Crippen LogP contribution in [0.1, 0.15) is 29.2 Å². The topological polar surface area (TPSA) is 26.3 Å². The molecular formula is C13H18O2. The summed E-state index contributed by atoms with van der Waals surface area (Å²) in [4.78, 5) is 11.3. The van der Waals surface area contributed by atoms with E-state index in [0.717, 1.165) is 5.56 Å². The van der Waals surface area contributed by atoms with E-state index in [1.807, 2.05) is 13.0 Å². The monoisotopic (exact) mass is 206 g/mol. The van der Waals surface area contributed by atoms with Crippen LogP contribution >= 0.6 is 0 Å².